The molecule has 0 bridgehead atoms. The van der Waals surface area contributed by atoms with Crippen LogP contribution in [0.1, 0.15) is 18.4 Å². The molecule has 7 nitrogen and oxygen atoms in total. The normalized spacial score (nSPS) is 15.4. The van der Waals surface area contributed by atoms with E-state index in [0.717, 1.165) is 11.6 Å². The largest absolute Gasteiger partial charge is 0.369 e. The number of nitrogens with zero attached hydrogens (tertiary/aromatic N) is 2. The van der Waals surface area contributed by atoms with Crippen molar-refractivity contribution in [3.63, 3.8) is 0 Å². The molecule has 2 heterocycles. The lowest BCUT2D eigenvalue weighted by molar-refractivity contribution is -0.125. The Hall–Kier alpha value is -2.52. The lowest BCUT2D eigenvalue weighted by Crippen LogP contribution is -2.40. The van der Waals surface area contributed by atoms with Crippen LogP contribution in [-0.4, -0.2) is 39.4 Å². The van der Waals surface area contributed by atoms with E-state index < -0.39 is 15.8 Å². The van der Waals surface area contributed by atoms with Gasteiger partial charge in [0.2, 0.25) is 15.9 Å². The lowest BCUT2D eigenvalue weighted by atomic mass is 9.95. The second kappa shape index (κ2) is 8.66. The van der Waals surface area contributed by atoms with E-state index in [1.807, 2.05) is 17.0 Å². The molecule has 28 heavy (non-hydrogen) atoms. The van der Waals surface area contributed by atoms with Crippen molar-refractivity contribution in [2.24, 2.45) is 5.92 Å². The summed E-state index contributed by atoms with van der Waals surface area (Å²) in [4.78, 5) is 18.1. The topological polar surface area (TPSA) is 91.4 Å². The van der Waals surface area contributed by atoms with Crippen molar-refractivity contribution in [2.45, 2.75) is 24.3 Å². The van der Waals surface area contributed by atoms with E-state index in [1.54, 1.807) is 12.4 Å². The molecule has 1 aliphatic rings. The number of anilines is 1. The second-order valence-corrected chi connectivity index (χ2v) is 8.55. The number of carbonyl (C=O) groups excluding carboxylic acids is 1. The molecule has 9 heteroatoms. The Bertz CT molecular complexity index is 929. The zero-order chi connectivity index (χ0) is 20.1. The minimum absolute atomic E-state index is 0.0144. The zero-order valence-electron chi connectivity index (χ0n) is 15.6. The Kier molecular flexibility index (Phi) is 6.25. The Morgan fingerprint density at radius 2 is 2.04 bits per heavy atom. The van der Waals surface area contributed by atoms with Crippen LogP contribution in [0.2, 0.25) is 0 Å². The summed E-state index contributed by atoms with van der Waals surface area (Å²) in [6.07, 6.45) is 4.61. The van der Waals surface area contributed by atoms with Gasteiger partial charge in [-0.15, -0.1) is 0 Å². The number of aromatic nitrogens is 1. The molecule has 0 unspecified atom stereocenters. The highest BCUT2D eigenvalue weighted by Gasteiger charge is 2.26. The number of nitrogens with one attached hydrogen (secondary N) is 2. The molecular weight excluding hydrogens is 383 g/mol. The van der Waals surface area contributed by atoms with Crippen LogP contribution in [0.5, 0.6) is 0 Å². The standard InChI is InChI=1S/C19H23FN4O3S/c1-21-28(26,27)16-4-5-18(17(20)11-16)24-9-6-15(7-10-24)19(25)23-13-14-3-2-8-22-12-14/h2-5,8,11-12,15,21H,6-7,9-10,13H2,1H3,(H,23,25). The molecule has 3 rings (SSSR count). The molecule has 0 atom stereocenters. The van der Waals surface area contributed by atoms with Gasteiger partial charge in [0.1, 0.15) is 5.82 Å². The third-order valence-corrected chi connectivity index (χ3v) is 6.31. The third kappa shape index (κ3) is 4.66. The maximum atomic E-state index is 14.4. The van der Waals surface area contributed by atoms with Crippen LogP contribution in [0, 0.1) is 11.7 Å². The summed E-state index contributed by atoms with van der Waals surface area (Å²) >= 11 is 0. The molecule has 0 aliphatic carbocycles. The van der Waals surface area contributed by atoms with Crippen LogP contribution in [0.4, 0.5) is 10.1 Å². The van der Waals surface area contributed by atoms with Crippen molar-refractivity contribution in [2.75, 3.05) is 25.0 Å². The number of rotatable bonds is 6. The van der Waals surface area contributed by atoms with Crippen LogP contribution in [-0.2, 0) is 21.4 Å². The first-order valence-corrected chi connectivity index (χ1v) is 10.5. The molecule has 0 spiro atoms. The van der Waals surface area contributed by atoms with Crippen LogP contribution >= 0.6 is 0 Å². The van der Waals surface area contributed by atoms with Crippen LogP contribution < -0.4 is 14.9 Å². The van der Waals surface area contributed by atoms with Gasteiger partial charge in [-0.1, -0.05) is 6.07 Å². The number of amides is 1. The van der Waals surface area contributed by atoms with Crippen molar-refractivity contribution in [1.82, 2.24) is 15.0 Å². The molecule has 1 fully saturated rings. The summed E-state index contributed by atoms with van der Waals surface area (Å²) in [6.45, 7) is 1.49. The van der Waals surface area contributed by atoms with Crippen molar-refractivity contribution in [3.8, 4) is 0 Å². The first-order chi connectivity index (χ1) is 13.4. The first-order valence-electron chi connectivity index (χ1n) is 9.05. The number of benzene rings is 1. The van der Waals surface area contributed by atoms with E-state index in [-0.39, 0.29) is 16.7 Å². The van der Waals surface area contributed by atoms with Gasteiger partial charge in [-0.2, -0.15) is 0 Å². The van der Waals surface area contributed by atoms with Gasteiger partial charge in [-0.25, -0.2) is 17.5 Å². The molecule has 2 N–H and O–H groups in total. The Morgan fingerprint density at radius 1 is 1.29 bits per heavy atom. The highest BCUT2D eigenvalue weighted by Crippen LogP contribution is 2.27. The molecule has 1 aliphatic heterocycles. The van der Waals surface area contributed by atoms with E-state index in [4.69, 9.17) is 0 Å². The molecule has 1 aromatic carbocycles. The van der Waals surface area contributed by atoms with E-state index in [2.05, 4.69) is 15.0 Å². The summed E-state index contributed by atoms with van der Waals surface area (Å²) in [7, 11) is -2.40. The number of halogens is 1. The van der Waals surface area contributed by atoms with Gasteiger partial charge in [0.05, 0.1) is 10.6 Å². The highest BCUT2D eigenvalue weighted by molar-refractivity contribution is 7.89. The summed E-state index contributed by atoms with van der Waals surface area (Å²) in [6, 6.07) is 7.60. The quantitative estimate of drug-likeness (QED) is 0.761. The van der Waals surface area contributed by atoms with Gasteiger partial charge < -0.3 is 10.2 Å². The van der Waals surface area contributed by atoms with Crippen LogP contribution in [0.3, 0.4) is 0 Å². The Morgan fingerprint density at radius 3 is 2.64 bits per heavy atom. The van der Waals surface area contributed by atoms with Crippen molar-refractivity contribution in [3.05, 3.63) is 54.1 Å². The molecule has 1 saturated heterocycles. The van der Waals surface area contributed by atoms with Crippen molar-refractivity contribution < 1.29 is 17.6 Å². The molecular formula is C19H23FN4O3S. The van der Waals surface area contributed by atoms with Gasteiger partial charge in [0, 0.05) is 37.9 Å². The monoisotopic (exact) mass is 406 g/mol. The zero-order valence-corrected chi connectivity index (χ0v) is 16.4. The smallest absolute Gasteiger partial charge is 0.240 e. The summed E-state index contributed by atoms with van der Waals surface area (Å²) in [5.41, 5.74) is 1.29. The molecule has 1 aromatic heterocycles. The summed E-state index contributed by atoms with van der Waals surface area (Å²) in [5, 5.41) is 2.92. The van der Waals surface area contributed by atoms with Gasteiger partial charge in [0.25, 0.3) is 0 Å². The number of piperidine rings is 1. The Balaban J connectivity index is 1.57. The fourth-order valence-corrected chi connectivity index (χ4v) is 3.99. The van der Waals surface area contributed by atoms with Gasteiger partial charge in [0.15, 0.2) is 0 Å². The molecule has 0 radical (unpaired) electrons. The van der Waals surface area contributed by atoms with Crippen molar-refractivity contribution in [1.29, 1.82) is 0 Å². The van der Waals surface area contributed by atoms with E-state index in [1.165, 1.54) is 19.2 Å². The van der Waals surface area contributed by atoms with Crippen LogP contribution in [0.25, 0.3) is 0 Å². The number of sulfonamides is 1. The maximum Gasteiger partial charge on any atom is 0.240 e. The number of pyridine rings is 1. The molecule has 2 aromatic rings. The predicted molar refractivity (Wildman–Crippen MR) is 104 cm³/mol. The van der Waals surface area contributed by atoms with Crippen LogP contribution in [0.15, 0.2) is 47.6 Å². The second-order valence-electron chi connectivity index (χ2n) is 6.66. The third-order valence-electron chi connectivity index (χ3n) is 4.89. The highest BCUT2D eigenvalue weighted by atomic mass is 32.2. The van der Waals surface area contributed by atoms with E-state index in [0.29, 0.717) is 38.2 Å². The SMILES string of the molecule is CNS(=O)(=O)c1ccc(N2CCC(C(=O)NCc3cccnc3)CC2)c(F)c1. The first kappa shape index (κ1) is 20.2. The van der Waals surface area contributed by atoms with Gasteiger partial charge >= 0.3 is 0 Å². The Labute approximate surface area is 164 Å². The van der Waals surface area contributed by atoms with E-state index in [9.17, 15) is 17.6 Å². The molecule has 1 amide bonds. The lowest BCUT2D eigenvalue weighted by Gasteiger charge is -2.33. The molecule has 0 saturated carbocycles. The average Bonchev–Trinajstić information content (AvgIpc) is 2.73. The fourth-order valence-electron chi connectivity index (χ4n) is 3.25. The summed E-state index contributed by atoms with van der Waals surface area (Å²) < 4.78 is 40.2. The number of hydrogen-bond acceptors (Lipinski definition) is 5. The van der Waals surface area contributed by atoms with Gasteiger partial charge in [-0.3, -0.25) is 9.78 Å². The number of carbonyl (C=O) groups is 1. The van der Waals surface area contributed by atoms with Crippen molar-refractivity contribution >= 4 is 21.6 Å². The summed E-state index contributed by atoms with van der Waals surface area (Å²) in [5.74, 6) is -0.727. The maximum absolute atomic E-state index is 14.4. The average molecular weight is 406 g/mol. The van der Waals surface area contributed by atoms with E-state index >= 15 is 0 Å². The number of hydrogen-bond donors (Lipinski definition) is 2. The molecule has 150 valence electrons. The van der Waals surface area contributed by atoms with Gasteiger partial charge in [-0.05, 0) is 49.7 Å². The minimum Gasteiger partial charge on any atom is -0.369 e. The predicted octanol–water partition coefficient (Wildman–Crippen LogP) is 1.66. The minimum atomic E-state index is -3.68. The fraction of sp³-hybridized carbons (Fsp3) is 0.368.